The topological polar surface area (TPSA) is 50.4 Å². The lowest BCUT2D eigenvalue weighted by molar-refractivity contribution is 0.425. The number of aryl methyl sites for hydroxylation is 1. The zero-order valence-electron chi connectivity index (χ0n) is 11.2. The molecular weight excluding hydrogens is 228 g/mol. The van der Waals surface area contributed by atoms with Crippen molar-refractivity contribution in [3.8, 4) is 5.75 Å². The highest BCUT2D eigenvalue weighted by Gasteiger charge is 2.07. The van der Waals surface area contributed by atoms with Crippen LogP contribution in [0.2, 0.25) is 0 Å². The lowest BCUT2D eigenvalue weighted by Gasteiger charge is -2.02. The Labute approximate surface area is 107 Å². The first-order valence-electron chi connectivity index (χ1n) is 6.14. The van der Waals surface area contributed by atoms with Gasteiger partial charge in [-0.1, -0.05) is 23.8 Å². The van der Waals surface area contributed by atoms with Gasteiger partial charge in [0.05, 0.1) is 5.56 Å². The molecule has 18 heavy (non-hydrogen) atoms. The molecule has 1 aromatic rings. The Hall–Kier alpha value is -1.77. The Morgan fingerprint density at radius 2 is 2.22 bits per heavy atom. The lowest BCUT2D eigenvalue weighted by atomic mass is 10.1. The van der Waals surface area contributed by atoms with Gasteiger partial charge in [0.2, 0.25) is 0 Å². The van der Waals surface area contributed by atoms with Crippen LogP contribution in [0.15, 0.2) is 39.1 Å². The summed E-state index contributed by atoms with van der Waals surface area (Å²) >= 11 is 0. The predicted octanol–water partition coefficient (Wildman–Crippen LogP) is 3.50. The highest BCUT2D eigenvalue weighted by atomic mass is 16.4. The number of allylic oxidation sites excluding steroid dienone is 4. The van der Waals surface area contributed by atoms with E-state index >= 15 is 0 Å². The second-order valence-corrected chi connectivity index (χ2v) is 4.37. The van der Waals surface area contributed by atoms with Crippen molar-refractivity contribution in [2.75, 3.05) is 0 Å². The minimum atomic E-state index is -0.454. The fourth-order valence-corrected chi connectivity index (χ4v) is 1.67. The highest BCUT2D eigenvalue weighted by Crippen LogP contribution is 2.16. The predicted molar refractivity (Wildman–Crippen MR) is 72.9 cm³/mol. The molecule has 0 saturated carbocycles. The van der Waals surface area contributed by atoms with Crippen LogP contribution in [0, 0.1) is 6.92 Å². The highest BCUT2D eigenvalue weighted by molar-refractivity contribution is 5.31. The lowest BCUT2D eigenvalue weighted by Crippen LogP contribution is -2.07. The van der Waals surface area contributed by atoms with E-state index in [-0.39, 0.29) is 5.75 Å². The van der Waals surface area contributed by atoms with Gasteiger partial charge in [0.1, 0.15) is 11.5 Å². The van der Waals surface area contributed by atoms with E-state index in [0.717, 1.165) is 12.8 Å². The Morgan fingerprint density at radius 3 is 2.83 bits per heavy atom. The quantitative estimate of drug-likeness (QED) is 0.811. The van der Waals surface area contributed by atoms with Crippen LogP contribution in [0.3, 0.4) is 0 Å². The summed E-state index contributed by atoms with van der Waals surface area (Å²) < 4.78 is 4.96. The Bertz CT molecular complexity index is 507. The molecule has 0 fully saturated rings. The van der Waals surface area contributed by atoms with E-state index in [9.17, 15) is 9.90 Å². The zero-order valence-corrected chi connectivity index (χ0v) is 11.2. The molecule has 3 heteroatoms. The van der Waals surface area contributed by atoms with E-state index in [1.54, 1.807) is 6.92 Å². The van der Waals surface area contributed by atoms with E-state index in [1.165, 1.54) is 11.6 Å². The van der Waals surface area contributed by atoms with E-state index in [1.807, 2.05) is 26.0 Å². The fourth-order valence-electron chi connectivity index (χ4n) is 1.67. The van der Waals surface area contributed by atoms with Crippen molar-refractivity contribution >= 4 is 0 Å². The maximum atomic E-state index is 11.6. The molecule has 0 bridgehead atoms. The standard InChI is InChI=1S/C15H20O3/c1-4-5-6-7-11(2)8-9-13-14(16)10-12(3)18-15(13)17/h4-5,8,10,16H,6-7,9H2,1-3H3/b5-4-,11-8+. The molecule has 0 atom stereocenters. The van der Waals surface area contributed by atoms with Gasteiger partial charge in [-0.15, -0.1) is 0 Å². The third-order valence-corrected chi connectivity index (χ3v) is 2.74. The molecule has 0 radical (unpaired) electrons. The fraction of sp³-hybridized carbons (Fsp3) is 0.400. The molecule has 0 aliphatic rings. The summed E-state index contributed by atoms with van der Waals surface area (Å²) in [4.78, 5) is 11.6. The van der Waals surface area contributed by atoms with Crippen molar-refractivity contribution in [3.63, 3.8) is 0 Å². The van der Waals surface area contributed by atoms with Gasteiger partial charge in [-0.25, -0.2) is 4.79 Å². The summed E-state index contributed by atoms with van der Waals surface area (Å²) in [5, 5.41) is 9.70. The molecule has 1 rings (SSSR count). The molecule has 1 heterocycles. The summed E-state index contributed by atoms with van der Waals surface area (Å²) in [7, 11) is 0. The van der Waals surface area contributed by atoms with Crippen LogP contribution in [0.1, 0.15) is 38.0 Å². The van der Waals surface area contributed by atoms with Gasteiger partial charge in [0.15, 0.2) is 0 Å². The molecule has 0 spiro atoms. The van der Waals surface area contributed by atoms with Gasteiger partial charge < -0.3 is 9.52 Å². The molecule has 1 aromatic heterocycles. The molecule has 0 aliphatic carbocycles. The molecule has 0 aromatic carbocycles. The summed E-state index contributed by atoms with van der Waals surface area (Å²) in [5.74, 6) is 0.441. The minimum absolute atomic E-state index is 0.0151. The SMILES string of the molecule is C/C=C\CC/C(C)=C/Cc1c(O)cc(C)oc1=O. The Kier molecular flexibility index (Phi) is 5.43. The second kappa shape index (κ2) is 6.84. The molecule has 0 aliphatic heterocycles. The number of aromatic hydroxyl groups is 1. The largest absolute Gasteiger partial charge is 0.507 e. The van der Waals surface area contributed by atoms with Gasteiger partial charge in [-0.05, 0) is 33.6 Å². The number of hydrogen-bond donors (Lipinski definition) is 1. The van der Waals surface area contributed by atoms with E-state index in [0.29, 0.717) is 17.7 Å². The van der Waals surface area contributed by atoms with Crippen LogP contribution >= 0.6 is 0 Å². The van der Waals surface area contributed by atoms with Crippen molar-refractivity contribution in [3.05, 3.63) is 51.6 Å². The van der Waals surface area contributed by atoms with Crippen molar-refractivity contribution in [2.24, 2.45) is 0 Å². The van der Waals surface area contributed by atoms with E-state index in [2.05, 4.69) is 6.08 Å². The van der Waals surface area contributed by atoms with Gasteiger partial charge in [-0.2, -0.15) is 0 Å². The molecule has 1 N–H and O–H groups in total. The minimum Gasteiger partial charge on any atom is -0.507 e. The van der Waals surface area contributed by atoms with Gasteiger partial charge >= 0.3 is 5.63 Å². The Balaban J connectivity index is 2.74. The third-order valence-electron chi connectivity index (χ3n) is 2.74. The third kappa shape index (κ3) is 4.24. The molecule has 0 saturated heterocycles. The maximum Gasteiger partial charge on any atom is 0.343 e. The summed E-state index contributed by atoms with van der Waals surface area (Å²) in [6.07, 6.45) is 8.46. The Morgan fingerprint density at radius 1 is 1.50 bits per heavy atom. The van der Waals surface area contributed by atoms with Crippen molar-refractivity contribution < 1.29 is 9.52 Å². The van der Waals surface area contributed by atoms with Gasteiger partial charge in [0.25, 0.3) is 0 Å². The monoisotopic (exact) mass is 248 g/mol. The van der Waals surface area contributed by atoms with Crippen molar-refractivity contribution in [1.29, 1.82) is 0 Å². The second-order valence-electron chi connectivity index (χ2n) is 4.37. The average molecular weight is 248 g/mol. The molecule has 0 amide bonds. The molecular formula is C15H20O3. The molecule has 98 valence electrons. The van der Waals surface area contributed by atoms with Crippen LogP contribution in [0.25, 0.3) is 0 Å². The zero-order chi connectivity index (χ0) is 13.5. The van der Waals surface area contributed by atoms with Crippen LogP contribution < -0.4 is 5.63 Å². The van der Waals surface area contributed by atoms with E-state index in [4.69, 9.17) is 4.42 Å². The van der Waals surface area contributed by atoms with Crippen LogP contribution in [0.4, 0.5) is 0 Å². The van der Waals surface area contributed by atoms with Crippen molar-refractivity contribution in [1.82, 2.24) is 0 Å². The molecule has 3 nitrogen and oxygen atoms in total. The number of rotatable bonds is 5. The maximum absolute atomic E-state index is 11.6. The van der Waals surface area contributed by atoms with E-state index < -0.39 is 5.63 Å². The van der Waals surface area contributed by atoms with Crippen LogP contribution in [-0.2, 0) is 6.42 Å². The first-order chi connectivity index (χ1) is 8.54. The van der Waals surface area contributed by atoms with Crippen LogP contribution in [-0.4, -0.2) is 5.11 Å². The normalized spacial score (nSPS) is 12.3. The summed E-state index contributed by atoms with van der Waals surface area (Å²) in [6, 6.07) is 1.47. The summed E-state index contributed by atoms with van der Waals surface area (Å²) in [6.45, 7) is 5.66. The van der Waals surface area contributed by atoms with Gasteiger partial charge in [0, 0.05) is 12.5 Å². The van der Waals surface area contributed by atoms with Crippen LogP contribution in [0.5, 0.6) is 5.75 Å². The smallest absolute Gasteiger partial charge is 0.343 e. The van der Waals surface area contributed by atoms with Crippen molar-refractivity contribution in [2.45, 2.75) is 40.0 Å². The number of hydrogen-bond acceptors (Lipinski definition) is 3. The summed E-state index contributed by atoms with van der Waals surface area (Å²) in [5.41, 5.74) is 1.07. The first kappa shape index (κ1) is 14.3. The average Bonchev–Trinajstić information content (AvgIpc) is 2.27. The molecule has 0 unspecified atom stereocenters. The first-order valence-corrected chi connectivity index (χ1v) is 6.14. The van der Waals surface area contributed by atoms with Gasteiger partial charge in [-0.3, -0.25) is 0 Å².